The second kappa shape index (κ2) is 3.93. The Balaban J connectivity index is 2.53. The molecule has 0 N–H and O–H groups in total. The minimum atomic E-state index is 0.532. The molecule has 14 heavy (non-hydrogen) atoms. The third kappa shape index (κ3) is 1.80. The molecule has 0 fully saturated rings. The number of nitrogens with zero attached hydrogens (tertiary/aromatic N) is 2. The molecule has 2 nitrogen and oxygen atoms in total. The largest absolute Gasteiger partial charge is 0.294 e. The normalized spacial score (nSPS) is 10.5. The lowest BCUT2D eigenvalue weighted by atomic mass is 10.3. The average molecular weight is 292 g/mol. The standard InChI is InChI=1S/C9H5BrCl2N2/c10-9-13-3-4-14(9)6-1-2-7(11)8(12)5-6/h1-5H. The number of rotatable bonds is 1. The molecule has 1 aromatic carbocycles. The van der Waals surface area contributed by atoms with Crippen molar-refractivity contribution in [1.29, 1.82) is 0 Å². The van der Waals surface area contributed by atoms with Crippen molar-refractivity contribution in [3.05, 3.63) is 45.4 Å². The summed E-state index contributed by atoms with van der Waals surface area (Å²) >= 11 is 15.0. The van der Waals surface area contributed by atoms with E-state index in [2.05, 4.69) is 20.9 Å². The Morgan fingerprint density at radius 3 is 2.57 bits per heavy atom. The van der Waals surface area contributed by atoms with E-state index in [9.17, 15) is 0 Å². The van der Waals surface area contributed by atoms with Gasteiger partial charge in [0.25, 0.3) is 0 Å². The van der Waals surface area contributed by atoms with Crippen molar-refractivity contribution in [1.82, 2.24) is 9.55 Å². The Kier molecular flexibility index (Phi) is 2.81. The highest BCUT2D eigenvalue weighted by Crippen LogP contribution is 2.25. The van der Waals surface area contributed by atoms with E-state index in [0.29, 0.717) is 10.0 Å². The lowest BCUT2D eigenvalue weighted by molar-refractivity contribution is 1.01. The number of aromatic nitrogens is 2. The molecule has 0 atom stereocenters. The van der Waals surface area contributed by atoms with Gasteiger partial charge in [0.05, 0.1) is 10.0 Å². The lowest BCUT2D eigenvalue weighted by Gasteiger charge is -2.04. The molecular formula is C9H5BrCl2N2. The molecule has 2 aromatic rings. The van der Waals surface area contributed by atoms with Crippen molar-refractivity contribution in [2.75, 3.05) is 0 Å². The zero-order valence-corrected chi connectivity index (χ0v) is 10.0. The van der Waals surface area contributed by atoms with E-state index >= 15 is 0 Å². The van der Waals surface area contributed by atoms with Gasteiger partial charge in [0.2, 0.25) is 0 Å². The van der Waals surface area contributed by atoms with Crippen molar-refractivity contribution < 1.29 is 0 Å². The molecule has 0 bridgehead atoms. The molecule has 0 saturated heterocycles. The summed E-state index contributed by atoms with van der Waals surface area (Å²) in [4.78, 5) is 4.05. The van der Waals surface area contributed by atoms with Gasteiger partial charge in [-0.15, -0.1) is 0 Å². The first-order valence-electron chi connectivity index (χ1n) is 3.83. The summed E-state index contributed by atoms with van der Waals surface area (Å²) < 4.78 is 2.60. The summed E-state index contributed by atoms with van der Waals surface area (Å²) in [6.45, 7) is 0. The van der Waals surface area contributed by atoms with Gasteiger partial charge in [0.1, 0.15) is 0 Å². The van der Waals surface area contributed by atoms with E-state index in [1.54, 1.807) is 18.3 Å². The Morgan fingerprint density at radius 2 is 2.00 bits per heavy atom. The summed E-state index contributed by atoms with van der Waals surface area (Å²) in [6, 6.07) is 5.42. The van der Waals surface area contributed by atoms with E-state index in [1.807, 2.05) is 16.8 Å². The van der Waals surface area contributed by atoms with Gasteiger partial charge in [-0.3, -0.25) is 4.57 Å². The van der Waals surface area contributed by atoms with Crippen LogP contribution in [0.2, 0.25) is 10.0 Å². The molecule has 1 heterocycles. The van der Waals surface area contributed by atoms with Gasteiger partial charge in [-0.25, -0.2) is 4.98 Å². The second-order valence-electron chi connectivity index (χ2n) is 2.66. The van der Waals surface area contributed by atoms with E-state index in [4.69, 9.17) is 23.2 Å². The quantitative estimate of drug-likeness (QED) is 0.778. The number of benzene rings is 1. The van der Waals surface area contributed by atoms with Gasteiger partial charge in [0, 0.05) is 18.1 Å². The Morgan fingerprint density at radius 1 is 1.21 bits per heavy atom. The van der Waals surface area contributed by atoms with Crippen molar-refractivity contribution >= 4 is 39.1 Å². The maximum atomic E-state index is 5.90. The van der Waals surface area contributed by atoms with Crippen LogP contribution < -0.4 is 0 Å². The summed E-state index contributed by atoms with van der Waals surface area (Å²) in [5.74, 6) is 0. The Hall–Kier alpha value is -0.510. The van der Waals surface area contributed by atoms with Gasteiger partial charge in [-0.2, -0.15) is 0 Å². The lowest BCUT2D eigenvalue weighted by Crippen LogP contribution is -1.92. The summed E-state index contributed by atoms with van der Waals surface area (Å²) in [5.41, 5.74) is 0.920. The number of imidazole rings is 1. The number of halogens is 3. The zero-order chi connectivity index (χ0) is 10.1. The molecule has 0 saturated carbocycles. The maximum Gasteiger partial charge on any atom is 0.181 e. The second-order valence-corrected chi connectivity index (χ2v) is 4.19. The van der Waals surface area contributed by atoms with Crippen LogP contribution in [0.4, 0.5) is 0 Å². The van der Waals surface area contributed by atoms with Crippen LogP contribution in [-0.2, 0) is 0 Å². The van der Waals surface area contributed by atoms with Gasteiger partial charge in [-0.05, 0) is 34.1 Å². The zero-order valence-electron chi connectivity index (χ0n) is 6.92. The molecule has 0 radical (unpaired) electrons. The molecule has 2 rings (SSSR count). The molecule has 0 aliphatic heterocycles. The minimum absolute atomic E-state index is 0.532. The maximum absolute atomic E-state index is 5.90. The molecule has 5 heteroatoms. The molecule has 0 unspecified atom stereocenters. The van der Waals surface area contributed by atoms with Crippen molar-refractivity contribution in [3.8, 4) is 5.69 Å². The average Bonchev–Trinajstić information content (AvgIpc) is 2.57. The molecule has 0 aliphatic carbocycles. The van der Waals surface area contributed by atoms with Crippen LogP contribution >= 0.6 is 39.1 Å². The van der Waals surface area contributed by atoms with Crippen LogP contribution in [0.3, 0.4) is 0 Å². The van der Waals surface area contributed by atoms with Gasteiger partial charge in [0.15, 0.2) is 4.73 Å². The van der Waals surface area contributed by atoms with Gasteiger partial charge in [-0.1, -0.05) is 23.2 Å². The summed E-state index contributed by atoms with van der Waals surface area (Å²) in [7, 11) is 0. The smallest absolute Gasteiger partial charge is 0.181 e. The van der Waals surface area contributed by atoms with Crippen molar-refractivity contribution in [2.24, 2.45) is 0 Å². The molecular weight excluding hydrogens is 287 g/mol. The molecule has 1 aromatic heterocycles. The molecule has 0 spiro atoms. The third-order valence-corrected chi connectivity index (χ3v) is 3.10. The third-order valence-electron chi connectivity index (χ3n) is 1.78. The molecule has 0 aliphatic rings. The number of hydrogen-bond donors (Lipinski definition) is 0. The highest BCUT2D eigenvalue weighted by Gasteiger charge is 2.03. The SMILES string of the molecule is Clc1ccc(-n2ccnc2Br)cc1Cl. The van der Waals surface area contributed by atoms with Crippen molar-refractivity contribution in [3.63, 3.8) is 0 Å². The Labute approximate surface area is 99.6 Å². The van der Waals surface area contributed by atoms with Crippen LogP contribution in [0.25, 0.3) is 5.69 Å². The topological polar surface area (TPSA) is 17.8 Å². The van der Waals surface area contributed by atoms with E-state index in [1.165, 1.54) is 0 Å². The highest BCUT2D eigenvalue weighted by molar-refractivity contribution is 9.10. The first-order chi connectivity index (χ1) is 6.68. The van der Waals surface area contributed by atoms with E-state index in [0.717, 1.165) is 10.4 Å². The predicted octanol–water partition coefficient (Wildman–Crippen LogP) is 3.94. The predicted molar refractivity (Wildman–Crippen MR) is 61.3 cm³/mol. The fraction of sp³-hybridized carbons (Fsp3) is 0. The van der Waals surface area contributed by atoms with Crippen LogP contribution in [0.15, 0.2) is 35.3 Å². The summed E-state index contributed by atoms with van der Waals surface area (Å²) in [6.07, 6.45) is 3.54. The van der Waals surface area contributed by atoms with Crippen LogP contribution in [0, 0.1) is 0 Å². The fourth-order valence-electron chi connectivity index (χ4n) is 1.11. The first-order valence-corrected chi connectivity index (χ1v) is 5.37. The van der Waals surface area contributed by atoms with Gasteiger partial charge >= 0.3 is 0 Å². The van der Waals surface area contributed by atoms with Crippen LogP contribution in [0.5, 0.6) is 0 Å². The summed E-state index contributed by atoms with van der Waals surface area (Å²) in [5, 5.41) is 1.08. The van der Waals surface area contributed by atoms with E-state index < -0.39 is 0 Å². The highest BCUT2D eigenvalue weighted by atomic mass is 79.9. The molecule has 0 amide bonds. The Bertz CT molecular complexity index is 468. The monoisotopic (exact) mass is 290 g/mol. The molecule has 72 valence electrons. The minimum Gasteiger partial charge on any atom is -0.294 e. The van der Waals surface area contributed by atoms with Crippen LogP contribution in [0.1, 0.15) is 0 Å². The number of hydrogen-bond acceptors (Lipinski definition) is 1. The fourth-order valence-corrected chi connectivity index (χ4v) is 1.85. The van der Waals surface area contributed by atoms with Crippen molar-refractivity contribution in [2.45, 2.75) is 0 Å². The van der Waals surface area contributed by atoms with E-state index in [-0.39, 0.29) is 0 Å². The first kappa shape index (κ1) is 10.0. The van der Waals surface area contributed by atoms with Gasteiger partial charge < -0.3 is 0 Å². The van der Waals surface area contributed by atoms with Crippen LogP contribution in [-0.4, -0.2) is 9.55 Å².